The highest BCUT2D eigenvalue weighted by atomic mass is 16.5. The van der Waals surface area contributed by atoms with Crippen molar-refractivity contribution >= 4 is 16.7 Å². The summed E-state index contributed by atoms with van der Waals surface area (Å²) in [5, 5.41) is 4.56. The molecule has 0 bridgehead atoms. The van der Waals surface area contributed by atoms with E-state index < -0.39 is 0 Å². The molecule has 3 rings (SSSR count). The molecular weight excluding hydrogens is 304 g/mol. The average molecular weight is 328 g/mol. The van der Waals surface area contributed by atoms with Crippen molar-refractivity contribution in [1.82, 2.24) is 9.88 Å². The second kappa shape index (κ2) is 7.51. The molecule has 1 fully saturated rings. The lowest BCUT2D eigenvalue weighted by molar-refractivity contribution is -0.124. The number of amides is 1. The number of ether oxygens (including phenoxy) is 1. The minimum atomic E-state index is -0.0199. The van der Waals surface area contributed by atoms with Gasteiger partial charge in [0.25, 0.3) is 5.56 Å². The molecule has 1 amide bonds. The molecule has 128 valence electrons. The maximum Gasteiger partial charge on any atom is 0.258 e. The van der Waals surface area contributed by atoms with Gasteiger partial charge in [-0.1, -0.05) is 18.9 Å². The zero-order chi connectivity index (χ0) is 16.9. The van der Waals surface area contributed by atoms with Crippen LogP contribution in [-0.4, -0.2) is 24.1 Å². The third kappa shape index (κ3) is 3.61. The van der Waals surface area contributed by atoms with Gasteiger partial charge in [-0.2, -0.15) is 0 Å². The monoisotopic (exact) mass is 328 g/mol. The largest absolute Gasteiger partial charge is 0.497 e. The summed E-state index contributed by atoms with van der Waals surface area (Å²) in [5.74, 6) is 1.05. The van der Waals surface area contributed by atoms with E-state index in [9.17, 15) is 9.59 Å². The molecule has 0 saturated heterocycles. The fourth-order valence-corrected chi connectivity index (χ4v) is 3.36. The van der Waals surface area contributed by atoms with Crippen LogP contribution in [0.3, 0.4) is 0 Å². The smallest absolute Gasteiger partial charge is 0.258 e. The van der Waals surface area contributed by atoms with Crippen molar-refractivity contribution in [3.8, 4) is 5.75 Å². The molecule has 0 unspecified atom stereocenters. The number of aromatic nitrogens is 1. The molecular formula is C19H24N2O3. The highest BCUT2D eigenvalue weighted by molar-refractivity contribution is 5.82. The molecule has 1 aliphatic carbocycles. The van der Waals surface area contributed by atoms with Crippen molar-refractivity contribution in [2.24, 2.45) is 5.92 Å². The van der Waals surface area contributed by atoms with E-state index in [1.165, 1.54) is 0 Å². The van der Waals surface area contributed by atoms with E-state index in [1.54, 1.807) is 17.7 Å². The van der Waals surface area contributed by atoms with Crippen molar-refractivity contribution in [2.75, 3.05) is 13.7 Å². The number of hydrogen-bond donors (Lipinski definition) is 1. The van der Waals surface area contributed by atoms with E-state index >= 15 is 0 Å². The SMILES string of the molecule is COc1ccc2ccn(CCCNC(=O)C3CCCC3)c(=O)c2c1. The van der Waals surface area contributed by atoms with Gasteiger partial charge < -0.3 is 14.6 Å². The topological polar surface area (TPSA) is 60.3 Å². The molecule has 2 aromatic rings. The first-order valence-electron chi connectivity index (χ1n) is 8.64. The quantitative estimate of drug-likeness (QED) is 0.830. The second-order valence-electron chi connectivity index (χ2n) is 6.39. The lowest BCUT2D eigenvalue weighted by atomic mass is 10.1. The first-order valence-corrected chi connectivity index (χ1v) is 8.64. The molecule has 1 aromatic carbocycles. The van der Waals surface area contributed by atoms with Crippen molar-refractivity contribution < 1.29 is 9.53 Å². The summed E-state index contributed by atoms with van der Waals surface area (Å²) in [4.78, 5) is 24.5. The number of pyridine rings is 1. The summed E-state index contributed by atoms with van der Waals surface area (Å²) in [6.07, 6.45) is 6.90. The van der Waals surface area contributed by atoms with Crippen LogP contribution in [-0.2, 0) is 11.3 Å². The lowest BCUT2D eigenvalue weighted by Crippen LogP contribution is -2.31. The number of fused-ring (bicyclic) bond motifs is 1. The predicted octanol–water partition coefficient (Wildman–Crippen LogP) is 2.71. The molecule has 1 saturated carbocycles. The van der Waals surface area contributed by atoms with Crippen LogP contribution in [0.5, 0.6) is 5.75 Å². The summed E-state index contributed by atoms with van der Waals surface area (Å²) in [6, 6.07) is 7.45. The van der Waals surface area contributed by atoms with Crippen LogP contribution < -0.4 is 15.6 Å². The van der Waals surface area contributed by atoms with Crippen molar-refractivity contribution in [2.45, 2.75) is 38.6 Å². The van der Waals surface area contributed by atoms with E-state index in [-0.39, 0.29) is 17.4 Å². The second-order valence-corrected chi connectivity index (χ2v) is 6.39. The number of carbonyl (C=O) groups excluding carboxylic acids is 1. The molecule has 1 aromatic heterocycles. The van der Waals surface area contributed by atoms with E-state index in [1.807, 2.05) is 24.4 Å². The predicted molar refractivity (Wildman–Crippen MR) is 94.3 cm³/mol. The van der Waals surface area contributed by atoms with Crippen molar-refractivity contribution in [3.63, 3.8) is 0 Å². The average Bonchev–Trinajstić information content (AvgIpc) is 3.14. The Kier molecular flexibility index (Phi) is 5.18. The molecule has 1 aliphatic rings. The molecule has 0 spiro atoms. The number of nitrogens with one attached hydrogen (secondary N) is 1. The summed E-state index contributed by atoms with van der Waals surface area (Å²) in [5.41, 5.74) is -0.0199. The van der Waals surface area contributed by atoms with Gasteiger partial charge in [-0.15, -0.1) is 0 Å². The van der Waals surface area contributed by atoms with Crippen LogP contribution in [0.4, 0.5) is 0 Å². The fourth-order valence-electron chi connectivity index (χ4n) is 3.36. The number of rotatable bonds is 6. The zero-order valence-corrected chi connectivity index (χ0v) is 14.1. The number of benzene rings is 1. The van der Waals surface area contributed by atoms with Gasteiger partial charge in [-0.05, 0) is 42.8 Å². The highest BCUT2D eigenvalue weighted by Gasteiger charge is 2.21. The molecule has 5 heteroatoms. The van der Waals surface area contributed by atoms with Gasteiger partial charge >= 0.3 is 0 Å². The Bertz CT molecular complexity index is 776. The van der Waals surface area contributed by atoms with Crippen LogP contribution in [0.1, 0.15) is 32.1 Å². The van der Waals surface area contributed by atoms with Gasteiger partial charge in [0, 0.05) is 25.2 Å². The molecule has 0 radical (unpaired) electrons. The van der Waals surface area contributed by atoms with Gasteiger partial charge in [0.05, 0.1) is 12.5 Å². The van der Waals surface area contributed by atoms with Crippen molar-refractivity contribution in [1.29, 1.82) is 0 Å². The lowest BCUT2D eigenvalue weighted by Gasteiger charge is -2.11. The van der Waals surface area contributed by atoms with E-state index in [0.717, 1.165) is 37.5 Å². The third-order valence-corrected chi connectivity index (χ3v) is 4.79. The Balaban J connectivity index is 1.59. The first-order chi connectivity index (χ1) is 11.7. The maximum atomic E-state index is 12.6. The zero-order valence-electron chi connectivity index (χ0n) is 14.1. The Morgan fingerprint density at radius 1 is 1.29 bits per heavy atom. The van der Waals surface area contributed by atoms with Crippen LogP contribution in [0.15, 0.2) is 35.3 Å². The first kappa shape index (κ1) is 16.6. The van der Waals surface area contributed by atoms with Crippen LogP contribution in [0.2, 0.25) is 0 Å². The van der Waals surface area contributed by atoms with Crippen LogP contribution in [0.25, 0.3) is 10.8 Å². The summed E-state index contributed by atoms with van der Waals surface area (Å²) >= 11 is 0. The number of hydrogen-bond acceptors (Lipinski definition) is 3. The van der Waals surface area contributed by atoms with E-state index in [2.05, 4.69) is 5.32 Å². The summed E-state index contributed by atoms with van der Waals surface area (Å²) < 4.78 is 6.89. The summed E-state index contributed by atoms with van der Waals surface area (Å²) in [7, 11) is 1.59. The standard InChI is InChI=1S/C19H24N2O3/c1-24-16-8-7-14-9-12-21(19(23)17(14)13-16)11-4-10-20-18(22)15-5-2-3-6-15/h7-9,12-13,15H,2-6,10-11H2,1H3,(H,20,22). The molecule has 5 nitrogen and oxygen atoms in total. The van der Waals surface area contributed by atoms with Gasteiger partial charge in [-0.25, -0.2) is 0 Å². The molecule has 0 atom stereocenters. The highest BCUT2D eigenvalue weighted by Crippen LogP contribution is 2.24. The summed E-state index contributed by atoms with van der Waals surface area (Å²) in [6.45, 7) is 1.20. The van der Waals surface area contributed by atoms with Crippen LogP contribution >= 0.6 is 0 Å². The minimum absolute atomic E-state index is 0.0199. The molecule has 0 aliphatic heterocycles. The van der Waals surface area contributed by atoms with Gasteiger partial charge in [0.1, 0.15) is 5.75 Å². The van der Waals surface area contributed by atoms with Crippen molar-refractivity contribution in [3.05, 3.63) is 40.8 Å². The number of aryl methyl sites for hydroxylation is 1. The third-order valence-electron chi connectivity index (χ3n) is 4.79. The molecule has 1 heterocycles. The van der Waals surface area contributed by atoms with Gasteiger partial charge in [0.2, 0.25) is 5.91 Å². The number of nitrogens with zero attached hydrogens (tertiary/aromatic N) is 1. The Labute approximate surface area is 141 Å². The number of methoxy groups -OCH3 is 1. The fraction of sp³-hybridized carbons (Fsp3) is 0.474. The normalized spacial score (nSPS) is 14.9. The van der Waals surface area contributed by atoms with E-state index in [0.29, 0.717) is 24.2 Å². The van der Waals surface area contributed by atoms with Gasteiger partial charge in [0.15, 0.2) is 0 Å². The maximum absolute atomic E-state index is 12.6. The minimum Gasteiger partial charge on any atom is -0.497 e. The molecule has 1 N–H and O–H groups in total. The van der Waals surface area contributed by atoms with Gasteiger partial charge in [-0.3, -0.25) is 9.59 Å². The van der Waals surface area contributed by atoms with Crippen LogP contribution in [0, 0.1) is 5.92 Å². The Morgan fingerprint density at radius 2 is 2.08 bits per heavy atom. The van der Waals surface area contributed by atoms with E-state index in [4.69, 9.17) is 4.74 Å². The Morgan fingerprint density at radius 3 is 2.83 bits per heavy atom. The number of carbonyl (C=O) groups is 1. The Hall–Kier alpha value is -2.30. The molecule has 24 heavy (non-hydrogen) atoms.